The third-order valence-electron chi connectivity index (χ3n) is 7.28. The highest BCUT2D eigenvalue weighted by atomic mass is 19.4. The standard InChI is InChI=1S/C26H25F5N4O2/c27-18-12-19(28)14-21(13-18)35-24(37)33-23(32-20-4-2-1-3-5-20)25(35)10-11-34(15-25)22(36)16-6-8-17(9-7-16)26(29,30)31/h6-9,12-14,20H,1-5,10-11,15H2,(H,32,33,37). The van der Waals surface area contributed by atoms with E-state index in [-0.39, 0.29) is 36.8 Å². The summed E-state index contributed by atoms with van der Waals surface area (Å²) in [5.74, 6) is -1.87. The van der Waals surface area contributed by atoms with Crippen molar-refractivity contribution in [2.45, 2.75) is 56.3 Å². The lowest BCUT2D eigenvalue weighted by molar-refractivity contribution is -0.137. The molecule has 6 nitrogen and oxygen atoms in total. The average molecular weight is 521 g/mol. The van der Waals surface area contributed by atoms with Gasteiger partial charge in [0.15, 0.2) is 0 Å². The number of amidine groups is 1. The van der Waals surface area contributed by atoms with Crippen LogP contribution >= 0.6 is 0 Å². The molecule has 11 heteroatoms. The third kappa shape index (κ3) is 4.78. The highest BCUT2D eigenvalue weighted by Crippen LogP contribution is 2.39. The first-order chi connectivity index (χ1) is 17.6. The number of urea groups is 1. The van der Waals surface area contributed by atoms with Crippen molar-refractivity contribution in [3.05, 3.63) is 65.2 Å². The lowest BCUT2D eigenvalue weighted by Gasteiger charge is -2.34. The highest BCUT2D eigenvalue weighted by Gasteiger charge is 2.56. The Bertz CT molecular complexity index is 1220. The summed E-state index contributed by atoms with van der Waals surface area (Å²) >= 11 is 0. The molecule has 3 fully saturated rings. The number of carbonyl (C=O) groups excluding carboxylic acids is 2. The van der Waals surface area contributed by atoms with E-state index in [9.17, 15) is 31.5 Å². The second-order valence-electron chi connectivity index (χ2n) is 9.75. The number of carbonyl (C=O) groups is 2. The fourth-order valence-corrected chi connectivity index (χ4v) is 5.48. The molecular formula is C26H25F5N4O2. The van der Waals surface area contributed by atoms with Gasteiger partial charge in [-0.1, -0.05) is 19.3 Å². The number of alkyl halides is 3. The number of rotatable bonds is 3. The van der Waals surface area contributed by atoms with Gasteiger partial charge in [0.25, 0.3) is 5.91 Å². The van der Waals surface area contributed by atoms with E-state index in [4.69, 9.17) is 4.99 Å². The van der Waals surface area contributed by atoms with Gasteiger partial charge < -0.3 is 4.90 Å². The molecule has 1 unspecified atom stereocenters. The highest BCUT2D eigenvalue weighted by molar-refractivity contribution is 6.19. The number of amides is 3. The Kier molecular flexibility index (Phi) is 6.41. The molecule has 1 N–H and O–H groups in total. The first-order valence-corrected chi connectivity index (χ1v) is 12.2. The van der Waals surface area contributed by atoms with Crippen LogP contribution in [0.2, 0.25) is 0 Å². The maximum Gasteiger partial charge on any atom is 0.416 e. The zero-order valence-electron chi connectivity index (χ0n) is 19.8. The van der Waals surface area contributed by atoms with Crippen molar-refractivity contribution in [2.24, 2.45) is 4.99 Å². The van der Waals surface area contributed by atoms with Gasteiger partial charge in [0.1, 0.15) is 23.0 Å². The van der Waals surface area contributed by atoms with Gasteiger partial charge in [0, 0.05) is 18.2 Å². The molecule has 2 heterocycles. The smallest absolute Gasteiger partial charge is 0.336 e. The van der Waals surface area contributed by atoms with Crippen LogP contribution in [0.4, 0.5) is 32.4 Å². The zero-order chi connectivity index (χ0) is 26.4. The van der Waals surface area contributed by atoms with Crippen LogP contribution in [0.5, 0.6) is 0 Å². The molecule has 5 rings (SSSR count). The Morgan fingerprint density at radius 2 is 1.65 bits per heavy atom. The lowest BCUT2D eigenvalue weighted by Crippen LogP contribution is -2.53. The molecule has 1 atom stereocenters. The maximum atomic E-state index is 14.1. The van der Waals surface area contributed by atoms with Crippen molar-refractivity contribution in [2.75, 3.05) is 18.0 Å². The Balaban J connectivity index is 1.49. The molecule has 0 bridgehead atoms. The Labute approximate surface area is 210 Å². The fourth-order valence-electron chi connectivity index (χ4n) is 5.48. The Morgan fingerprint density at radius 3 is 2.27 bits per heavy atom. The van der Waals surface area contributed by atoms with Crippen LogP contribution in [0.15, 0.2) is 47.5 Å². The quantitative estimate of drug-likeness (QED) is 0.541. The molecule has 3 aliphatic rings. The summed E-state index contributed by atoms with van der Waals surface area (Å²) in [6.45, 7) is 0.141. The summed E-state index contributed by atoms with van der Waals surface area (Å²) in [6, 6.07) is 6.09. The number of hydrogen-bond donors (Lipinski definition) is 1. The summed E-state index contributed by atoms with van der Waals surface area (Å²) < 4.78 is 67.1. The summed E-state index contributed by atoms with van der Waals surface area (Å²) in [5.41, 5.74) is -1.99. The molecular weight excluding hydrogens is 495 g/mol. The maximum absolute atomic E-state index is 14.1. The van der Waals surface area contributed by atoms with Crippen molar-refractivity contribution < 1.29 is 31.5 Å². The van der Waals surface area contributed by atoms with Gasteiger partial charge in [0.05, 0.1) is 23.8 Å². The lowest BCUT2D eigenvalue weighted by atomic mass is 9.93. The van der Waals surface area contributed by atoms with Gasteiger partial charge in [0.2, 0.25) is 0 Å². The minimum Gasteiger partial charge on any atom is -0.336 e. The van der Waals surface area contributed by atoms with E-state index in [1.807, 2.05) is 0 Å². The molecule has 3 amide bonds. The average Bonchev–Trinajstić information content (AvgIpc) is 3.39. The van der Waals surface area contributed by atoms with E-state index in [1.54, 1.807) is 0 Å². The molecule has 196 valence electrons. The van der Waals surface area contributed by atoms with E-state index in [0.717, 1.165) is 68.5 Å². The second-order valence-corrected chi connectivity index (χ2v) is 9.75. The first-order valence-electron chi connectivity index (χ1n) is 12.2. The van der Waals surface area contributed by atoms with Crippen LogP contribution in [0.3, 0.4) is 0 Å². The molecule has 2 aliphatic heterocycles. The normalized spacial score (nSPS) is 23.8. The minimum atomic E-state index is -4.53. The summed E-state index contributed by atoms with van der Waals surface area (Å²) in [6.07, 6.45) is 0.501. The van der Waals surface area contributed by atoms with Crippen molar-refractivity contribution in [1.82, 2.24) is 10.2 Å². The third-order valence-corrected chi connectivity index (χ3v) is 7.28. The van der Waals surface area contributed by atoms with Gasteiger partial charge in [-0.2, -0.15) is 13.2 Å². The number of likely N-dealkylation sites (tertiary alicyclic amines) is 1. The van der Waals surface area contributed by atoms with Gasteiger partial charge in [-0.15, -0.1) is 0 Å². The molecule has 2 saturated heterocycles. The number of anilines is 1. The van der Waals surface area contributed by atoms with E-state index >= 15 is 0 Å². The van der Waals surface area contributed by atoms with E-state index in [0.29, 0.717) is 11.9 Å². The van der Waals surface area contributed by atoms with Crippen LogP contribution in [0.25, 0.3) is 0 Å². The molecule has 2 aromatic carbocycles. The number of benzene rings is 2. The van der Waals surface area contributed by atoms with Crippen LogP contribution in [0, 0.1) is 11.6 Å². The second kappa shape index (κ2) is 9.42. The predicted octanol–water partition coefficient (Wildman–Crippen LogP) is 5.53. The molecule has 1 spiro atoms. The monoisotopic (exact) mass is 520 g/mol. The van der Waals surface area contributed by atoms with Crippen LogP contribution < -0.4 is 10.2 Å². The Morgan fingerprint density at radius 1 is 1.00 bits per heavy atom. The molecule has 0 aromatic heterocycles. The largest absolute Gasteiger partial charge is 0.416 e. The van der Waals surface area contributed by atoms with E-state index < -0.39 is 40.9 Å². The van der Waals surface area contributed by atoms with Crippen LogP contribution in [0.1, 0.15) is 54.4 Å². The van der Waals surface area contributed by atoms with Gasteiger partial charge in [-0.05, 0) is 55.7 Å². The number of nitrogens with zero attached hydrogens (tertiary/aromatic N) is 3. The molecule has 37 heavy (non-hydrogen) atoms. The number of hydrogen-bond acceptors (Lipinski definition) is 3. The molecule has 1 aliphatic carbocycles. The Hall–Kier alpha value is -3.50. The van der Waals surface area contributed by atoms with Gasteiger partial charge >= 0.3 is 12.2 Å². The zero-order valence-corrected chi connectivity index (χ0v) is 19.8. The fraction of sp³-hybridized carbons (Fsp3) is 0.423. The van der Waals surface area contributed by atoms with Crippen molar-refractivity contribution >= 4 is 23.5 Å². The van der Waals surface area contributed by atoms with Gasteiger partial charge in [-0.3, -0.25) is 20.0 Å². The predicted molar refractivity (Wildman–Crippen MR) is 126 cm³/mol. The molecule has 2 aromatic rings. The minimum absolute atomic E-state index is 0.00678. The topological polar surface area (TPSA) is 65.0 Å². The van der Waals surface area contributed by atoms with Crippen molar-refractivity contribution in [3.8, 4) is 0 Å². The van der Waals surface area contributed by atoms with Gasteiger partial charge in [-0.25, -0.2) is 13.6 Å². The molecule has 0 radical (unpaired) electrons. The number of aliphatic imine (C=N–C) groups is 1. The summed E-state index contributed by atoms with van der Waals surface area (Å²) in [4.78, 5) is 33.9. The molecule has 1 saturated carbocycles. The number of halogens is 5. The SMILES string of the molecule is O=C(c1ccc(C(F)(F)F)cc1)N1CCC2(C1)C(=NC1CCCCC1)NC(=O)N2c1cc(F)cc(F)c1. The van der Waals surface area contributed by atoms with Crippen molar-refractivity contribution in [1.29, 1.82) is 0 Å². The summed E-state index contributed by atoms with van der Waals surface area (Å²) in [7, 11) is 0. The first kappa shape index (κ1) is 25.2. The van der Waals surface area contributed by atoms with Crippen LogP contribution in [-0.2, 0) is 6.18 Å². The van der Waals surface area contributed by atoms with E-state index in [1.165, 1.54) is 9.80 Å². The number of nitrogens with one attached hydrogen (secondary N) is 1. The van der Waals surface area contributed by atoms with Crippen LogP contribution in [-0.4, -0.2) is 47.3 Å². The van der Waals surface area contributed by atoms with E-state index in [2.05, 4.69) is 5.32 Å². The van der Waals surface area contributed by atoms with Crippen molar-refractivity contribution in [3.63, 3.8) is 0 Å². The summed E-state index contributed by atoms with van der Waals surface area (Å²) in [5, 5.41) is 2.77.